The lowest BCUT2D eigenvalue weighted by Crippen LogP contribution is -2.43. The van der Waals surface area contributed by atoms with Crippen LogP contribution in [0.5, 0.6) is 0 Å². The smallest absolute Gasteiger partial charge is 0.164 e. The maximum Gasteiger partial charge on any atom is 0.164 e. The van der Waals surface area contributed by atoms with Crippen molar-refractivity contribution in [2.75, 3.05) is 36.4 Å². The van der Waals surface area contributed by atoms with E-state index in [1.807, 2.05) is 6.07 Å². The van der Waals surface area contributed by atoms with Crippen LogP contribution in [0.3, 0.4) is 0 Å². The van der Waals surface area contributed by atoms with E-state index >= 15 is 0 Å². The SMILES string of the molecule is Fc1ccc(Cl)cc1-c1ncc(C2CC2)c(Nc2ccnc(Cc3ccc(N4CCNCC4)cc3)n2)n1. The van der Waals surface area contributed by atoms with Crippen LogP contribution in [-0.4, -0.2) is 46.1 Å². The number of benzene rings is 2. The molecule has 1 saturated carbocycles. The van der Waals surface area contributed by atoms with E-state index in [2.05, 4.69) is 54.8 Å². The standard InChI is InChI=1S/C28H27ClFN7/c29-20-5-8-24(30)22(16-20)27-33-17-23(19-3-4-19)28(36-27)35-25-9-10-32-26(34-25)15-18-1-6-21(7-2-18)37-13-11-31-12-14-37/h1-2,5-10,16-17,19,31H,3-4,11-15H2,(H,32,33,34,35,36). The van der Waals surface area contributed by atoms with Gasteiger partial charge in [-0.1, -0.05) is 23.7 Å². The van der Waals surface area contributed by atoms with Crippen LogP contribution >= 0.6 is 11.6 Å². The number of hydrogen-bond donors (Lipinski definition) is 2. The molecule has 2 aromatic heterocycles. The second kappa shape index (κ2) is 10.4. The summed E-state index contributed by atoms with van der Waals surface area (Å²) in [6.45, 7) is 4.07. The third kappa shape index (κ3) is 5.55. The van der Waals surface area contributed by atoms with Crippen LogP contribution in [0, 0.1) is 5.82 Å². The van der Waals surface area contributed by atoms with E-state index in [4.69, 9.17) is 16.6 Å². The highest BCUT2D eigenvalue weighted by Crippen LogP contribution is 2.43. The van der Waals surface area contributed by atoms with Gasteiger partial charge in [-0.15, -0.1) is 0 Å². The Hall–Kier alpha value is -3.62. The zero-order valence-corrected chi connectivity index (χ0v) is 21.0. The van der Waals surface area contributed by atoms with Crippen molar-refractivity contribution >= 4 is 28.9 Å². The first-order chi connectivity index (χ1) is 18.1. The number of rotatable bonds is 7. The van der Waals surface area contributed by atoms with E-state index in [9.17, 15) is 4.39 Å². The Labute approximate surface area is 220 Å². The molecular weight excluding hydrogens is 489 g/mol. The molecule has 0 spiro atoms. The molecule has 1 aliphatic heterocycles. The lowest BCUT2D eigenvalue weighted by Gasteiger charge is -2.29. The molecule has 0 bridgehead atoms. The van der Waals surface area contributed by atoms with Gasteiger partial charge in [0.15, 0.2) is 5.82 Å². The average Bonchev–Trinajstić information content (AvgIpc) is 3.77. The largest absolute Gasteiger partial charge is 0.369 e. The molecule has 0 unspecified atom stereocenters. The first kappa shape index (κ1) is 23.8. The number of hydrogen-bond acceptors (Lipinski definition) is 7. The molecule has 2 aliphatic rings. The molecule has 1 aliphatic carbocycles. The summed E-state index contributed by atoms with van der Waals surface area (Å²) >= 11 is 6.10. The minimum absolute atomic E-state index is 0.269. The number of anilines is 3. The van der Waals surface area contributed by atoms with Crippen molar-refractivity contribution in [2.24, 2.45) is 0 Å². The van der Waals surface area contributed by atoms with Crippen molar-refractivity contribution in [3.8, 4) is 11.4 Å². The molecule has 9 heteroatoms. The first-order valence-corrected chi connectivity index (χ1v) is 13.0. The second-order valence-electron chi connectivity index (χ2n) is 9.46. The Morgan fingerprint density at radius 3 is 2.59 bits per heavy atom. The molecule has 2 fully saturated rings. The third-order valence-corrected chi connectivity index (χ3v) is 6.97. The molecule has 7 nitrogen and oxygen atoms in total. The highest BCUT2D eigenvalue weighted by atomic mass is 35.5. The van der Waals surface area contributed by atoms with Crippen LogP contribution in [-0.2, 0) is 6.42 Å². The lowest BCUT2D eigenvalue weighted by atomic mass is 10.1. The highest BCUT2D eigenvalue weighted by Gasteiger charge is 2.28. The quantitative estimate of drug-likeness (QED) is 0.343. The van der Waals surface area contributed by atoms with E-state index in [1.165, 1.54) is 17.8 Å². The molecule has 6 rings (SSSR count). The molecule has 0 radical (unpaired) electrons. The zero-order valence-electron chi connectivity index (χ0n) is 20.3. The summed E-state index contributed by atoms with van der Waals surface area (Å²) < 4.78 is 14.5. The highest BCUT2D eigenvalue weighted by molar-refractivity contribution is 6.30. The Kier molecular flexibility index (Phi) is 6.68. The second-order valence-corrected chi connectivity index (χ2v) is 9.90. The fourth-order valence-electron chi connectivity index (χ4n) is 4.59. The number of piperazine rings is 1. The minimum atomic E-state index is -0.415. The van der Waals surface area contributed by atoms with Gasteiger partial charge >= 0.3 is 0 Å². The molecule has 4 aromatic rings. The number of nitrogens with one attached hydrogen (secondary N) is 2. The fraction of sp³-hybridized carbons (Fsp3) is 0.286. The number of nitrogens with zero attached hydrogens (tertiary/aromatic N) is 5. The van der Waals surface area contributed by atoms with Gasteiger partial charge in [0, 0.05) is 61.3 Å². The van der Waals surface area contributed by atoms with Crippen LogP contribution < -0.4 is 15.5 Å². The van der Waals surface area contributed by atoms with Gasteiger partial charge in [-0.05, 0) is 60.7 Å². The van der Waals surface area contributed by atoms with Crippen molar-refractivity contribution in [3.05, 3.63) is 88.7 Å². The molecule has 0 amide bonds. The van der Waals surface area contributed by atoms with E-state index in [0.717, 1.165) is 50.1 Å². The molecule has 188 valence electrons. The summed E-state index contributed by atoms with van der Waals surface area (Å²) in [6, 6.07) is 14.8. The van der Waals surface area contributed by atoms with E-state index in [0.29, 0.717) is 34.8 Å². The van der Waals surface area contributed by atoms with E-state index < -0.39 is 5.82 Å². The van der Waals surface area contributed by atoms with Gasteiger partial charge in [-0.2, -0.15) is 0 Å². The zero-order chi connectivity index (χ0) is 25.2. The van der Waals surface area contributed by atoms with Gasteiger partial charge in [0.25, 0.3) is 0 Å². The minimum Gasteiger partial charge on any atom is -0.369 e. The van der Waals surface area contributed by atoms with Crippen LogP contribution in [0.25, 0.3) is 11.4 Å². The predicted octanol–water partition coefficient (Wildman–Crippen LogP) is 5.35. The van der Waals surface area contributed by atoms with Crippen LogP contribution in [0.15, 0.2) is 60.9 Å². The maximum absolute atomic E-state index is 14.5. The summed E-state index contributed by atoms with van der Waals surface area (Å²) in [6.07, 6.45) is 6.32. The lowest BCUT2D eigenvalue weighted by molar-refractivity contribution is 0.589. The molecule has 0 atom stereocenters. The first-order valence-electron chi connectivity index (χ1n) is 12.6. The summed E-state index contributed by atoms with van der Waals surface area (Å²) in [4.78, 5) is 20.7. The van der Waals surface area contributed by atoms with Crippen LogP contribution in [0.2, 0.25) is 5.02 Å². The van der Waals surface area contributed by atoms with E-state index in [1.54, 1.807) is 18.5 Å². The molecule has 2 aromatic carbocycles. The monoisotopic (exact) mass is 515 g/mol. The predicted molar refractivity (Wildman–Crippen MR) is 144 cm³/mol. The normalized spacial score (nSPS) is 15.6. The van der Waals surface area contributed by atoms with E-state index in [-0.39, 0.29) is 11.4 Å². The van der Waals surface area contributed by atoms with Gasteiger partial charge in [-0.3, -0.25) is 0 Å². The summed E-state index contributed by atoms with van der Waals surface area (Å²) in [7, 11) is 0. The number of aromatic nitrogens is 4. The molecule has 37 heavy (non-hydrogen) atoms. The molecule has 1 saturated heterocycles. The summed E-state index contributed by atoms with van der Waals surface area (Å²) in [5.74, 6) is 2.25. The summed E-state index contributed by atoms with van der Waals surface area (Å²) in [5, 5.41) is 7.16. The van der Waals surface area contributed by atoms with Gasteiger partial charge in [0.2, 0.25) is 0 Å². The van der Waals surface area contributed by atoms with Gasteiger partial charge in [0.05, 0.1) is 5.56 Å². The molecular formula is C28H27ClFN7. The van der Waals surface area contributed by atoms with Gasteiger partial charge in [-0.25, -0.2) is 24.3 Å². The summed E-state index contributed by atoms with van der Waals surface area (Å²) in [5.41, 5.74) is 3.67. The fourth-order valence-corrected chi connectivity index (χ4v) is 4.76. The topological polar surface area (TPSA) is 78.9 Å². The van der Waals surface area contributed by atoms with Crippen molar-refractivity contribution in [1.82, 2.24) is 25.3 Å². The van der Waals surface area contributed by atoms with Gasteiger partial charge in [0.1, 0.15) is 23.3 Å². The molecule has 3 heterocycles. The van der Waals surface area contributed by atoms with Gasteiger partial charge < -0.3 is 15.5 Å². The Morgan fingerprint density at radius 1 is 1.00 bits per heavy atom. The van der Waals surface area contributed by atoms with Crippen molar-refractivity contribution < 1.29 is 4.39 Å². The molecule has 2 N–H and O–H groups in total. The Morgan fingerprint density at radius 2 is 1.81 bits per heavy atom. The van der Waals surface area contributed by atoms with Crippen LogP contribution in [0.4, 0.5) is 21.7 Å². The average molecular weight is 516 g/mol. The van der Waals surface area contributed by atoms with Crippen LogP contribution in [0.1, 0.15) is 35.7 Å². The third-order valence-electron chi connectivity index (χ3n) is 6.74. The van der Waals surface area contributed by atoms with Crippen molar-refractivity contribution in [3.63, 3.8) is 0 Å². The Balaban J connectivity index is 1.22. The number of halogens is 2. The van der Waals surface area contributed by atoms with Crippen molar-refractivity contribution in [2.45, 2.75) is 25.2 Å². The Bertz CT molecular complexity index is 1400. The van der Waals surface area contributed by atoms with Crippen molar-refractivity contribution in [1.29, 1.82) is 0 Å². The maximum atomic E-state index is 14.5.